The molecule has 1 unspecified atom stereocenters. The second-order valence-corrected chi connectivity index (χ2v) is 5.91. The van der Waals surface area contributed by atoms with Crippen molar-refractivity contribution in [3.63, 3.8) is 0 Å². The highest BCUT2D eigenvalue weighted by Gasteiger charge is 2.45. The minimum atomic E-state index is -0.317. The number of hydrogen-bond acceptors (Lipinski definition) is 4. The second-order valence-electron chi connectivity index (χ2n) is 5.91. The van der Waals surface area contributed by atoms with Crippen LogP contribution in [0.5, 0.6) is 0 Å². The summed E-state index contributed by atoms with van der Waals surface area (Å²) in [6.45, 7) is 9.24. The first-order valence-corrected chi connectivity index (χ1v) is 7.61. The van der Waals surface area contributed by atoms with E-state index in [4.69, 9.17) is 0 Å². The lowest BCUT2D eigenvalue weighted by Crippen LogP contribution is -2.54. The molecule has 0 heterocycles. The van der Waals surface area contributed by atoms with Gasteiger partial charge in [-0.25, -0.2) is 0 Å². The van der Waals surface area contributed by atoms with Gasteiger partial charge in [0.05, 0.1) is 6.07 Å². The van der Waals surface area contributed by atoms with E-state index in [1.165, 1.54) is 19.3 Å². The molecule has 1 aliphatic rings. The SMILES string of the molecule is CCNC(C#N)(CN(CC)CCCN(C)C)C1CC1. The van der Waals surface area contributed by atoms with Crippen molar-refractivity contribution in [2.24, 2.45) is 5.92 Å². The Hall–Kier alpha value is -0.630. The predicted octanol–water partition coefficient (Wildman–Crippen LogP) is 1.54. The molecule has 0 aromatic rings. The average Bonchev–Trinajstić information content (AvgIpc) is 3.20. The highest BCUT2D eigenvalue weighted by atomic mass is 15.2. The van der Waals surface area contributed by atoms with Crippen LogP contribution in [0.15, 0.2) is 0 Å². The Morgan fingerprint density at radius 3 is 2.37 bits per heavy atom. The van der Waals surface area contributed by atoms with Crippen molar-refractivity contribution in [3.8, 4) is 6.07 Å². The van der Waals surface area contributed by atoms with Gasteiger partial charge in [0, 0.05) is 6.54 Å². The van der Waals surface area contributed by atoms with Gasteiger partial charge in [-0.15, -0.1) is 0 Å². The van der Waals surface area contributed by atoms with Gasteiger partial charge in [0.15, 0.2) is 0 Å². The molecule has 0 spiro atoms. The van der Waals surface area contributed by atoms with Crippen molar-refractivity contribution >= 4 is 0 Å². The van der Waals surface area contributed by atoms with Crippen molar-refractivity contribution in [2.45, 2.75) is 38.6 Å². The molecule has 1 saturated carbocycles. The predicted molar refractivity (Wildman–Crippen MR) is 80.0 cm³/mol. The molecule has 4 heteroatoms. The van der Waals surface area contributed by atoms with E-state index in [0.717, 1.165) is 32.7 Å². The monoisotopic (exact) mass is 266 g/mol. The normalized spacial score (nSPS) is 18.6. The molecule has 0 saturated heterocycles. The molecule has 4 nitrogen and oxygen atoms in total. The summed E-state index contributed by atoms with van der Waals surface area (Å²) in [5.74, 6) is 0.556. The van der Waals surface area contributed by atoms with Gasteiger partial charge in [0.2, 0.25) is 0 Å². The first kappa shape index (κ1) is 16.4. The van der Waals surface area contributed by atoms with Crippen molar-refractivity contribution in [3.05, 3.63) is 0 Å². The molecular formula is C15H30N4. The standard InChI is InChI=1S/C15H30N4/c1-5-17-15(12-16,14-8-9-14)13-19(6-2)11-7-10-18(3)4/h14,17H,5-11,13H2,1-4H3. The minimum absolute atomic E-state index is 0.317. The maximum absolute atomic E-state index is 9.63. The van der Waals surface area contributed by atoms with Gasteiger partial charge in [-0.05, 0) is 65.5 Å². The zero-order valence-corrected chi connectivity index (χ0v) is 13.1. The summed E-state index contributed by atoms with van der Waals surface area (Å²) < 4.78 is 0. The van der Waals surface area contributed by atoms with Gasteiger partial charge < -0.3 is 9.80 Å². The molecule has 1 fully saturated rings. The van der Waals surface area contributed by atoms with Crippen molar-refractivity contribution in [2.75, 3.05) is 46.8 Å². The lowest BCUT2D eigenvalue weighted by molar-refractivity contribution is 0.197. The summed E-state index contributed by atoms with van der Waals surface area (Å²) >= 11 is 0. The molecule has 0 aromatic carbocycles. The van der Waals surface area contributed by atoms with Crippen molar-refractivity contribution < 1.29 is 0 Å². The first-order valence-electron chi connectivity index (χ1n) is 7.61. The van der Waals surface area contributed by atoms with Crippen LogP contribution in [-0.2, 0) is 0 Å². The molecule has 0 amide bonds. The summed E-state index contributed by atoms with van der Waals surface area (Å²) in [7, 11) is 4.22. The number of rotatable bonds is 10. The average molecular weight is 266 g/mol. The lowest BCUT2D eigenvalue weighted by Gasteiger charge is -2.34. The Labute approximate surface area is 118 Å². The Balaban J connectivity index is 2.52. The van der Waals surface area contributed by atoms with Crippen LogP contribution >= 0.6 is 0 Å². The van der Waals surface area contributed by atoms with E-state index in [1.807, 2.05) is 0 Å². The molecule has 0 bridgehead atoms. The van der Waals surface area contributed by atoms with E-state index in [-0.39, 0.29) is 5.54 Å². The number of hydrogen-bond donors (Lipinski definition) is 1. The van der Waals surface area contributed by atoms with Gasteiger partial charge in [-0.1, -0.05) is 13.8 Å². The topological polar surface area (TPSA) is 42.3 Å². The smallest absolute Gasteiger partial charge is 0.122 e. The third-order valence-corrected chi connectivity index (χ3v) is 3.97. The molecule has 0 radical (unpaired) electrons. The maximum atomic E-state index is 9.63. The van der Waals surface area contributed by atoms with Crippen LogP contribution in [0.1, 0.15) is 33.1 Å². The van der Waals surface area contributed by atoms with E-state index in [1.54, 1.807) is 0 Å². The first-order chi connectivity index (χ1) is 9.07. The highest BCUT2D eigenvalue weighted by molar-refractivity contribution is 5.16. The minimum Gasteiger partial charge on any atom is -0.309 e. The number of likely N-dealkylation sites (N-methyl/N-ethyl adjacent to an activating group) is 2. The summed E-state index contributed by atoms with van der Waals surface area (Å²) in [4.78, 5) is 4.64. The van der Waals surface area contributed by atoms with Gasteiger partial charge >= 0.3 is 0 Å². The third kappa shape index (κ3) is 5.10. The van der Waals surface area contributed by atoms with E-state index in [9.17, 15) is 5.26 Å². The molecule has 1 N–H and O–H groups in total. The van der Waals surface area contributed by atoms with Crippen LogP contribution in [0.25, 0.3) is 0 Å². The summed E-state index contributed by atoms with van der Waals surface area (Å²) in [6, 6.07) is 2.58. The second kappa shape index (κ2) is 7.84. The maximum Gasteiger partial charge on any atom is 0.122 e. The van der Waals surface area contributed by atoms with E-state index in [2.05, 4.69) is 49.1 Å². The Morgan fingerprint density at radius 2 is 1.95 bits per heavy atom. The lowest BCUT2D eigenvalue weighted by atomic mass is 9.94. The largest absolute Gasteiger partial charge is 0.309 e. The molecule has 0 aromatic heterocycles. The molecule has 1 atom stereocenters. The Bertz CT molecular complexity index is 293. The fraction of sp³-hybridized carbons (Fsp3) is 0.933. The third-order valence-electron chi connectivity index (χ3n) is 3.97. The summed E-state index contributed by atoms with van der Waals surface area (Å²) in [6.07, 6.45) is 3.57. The summed E-state index contributed by atoms with van der Waals surface area (Å²) in [5, 5.41) is 13.1. The van der Waals surface area contributed by atoms with E-state index >= 15 is 0 Å². The van der Waals surface area contributed by atoms with Crippen LogP contribution in [0.4, 0.5) is 0 Å². The van der Waals surface area contributed by atoms with E-state index < -0.39 is 0 Å². The van der Waals surface area contributed by atoms with Crippen LogP contribution < -0.4 is 5.32 Å². The van der Waals surface area contributed by atoms with Crippen molar-refractivity contribution in [1.82, 2.24) is 15.1 Å². The van der Waals surface area contributed by atoms with Gasteiger partial charge in [0.25, 0.3) is 0 Å². The number of nitriles is 1. The number of nitrogens with zero attached hydrogens (tertiary/aromatic N) is 3. The van der Waals surface area contributed by atoms with Gasteiger partial charge in [-0.2, -0.15) is 5.26 Å². The van der Waals surface area contributed by atoms with Gasteiger partial charge in [0.1, 0.15) is 5.54 Å². The molecule has 1 aliphatic carbocycles. The zero-order chi connectivity index (χ0) is 14.3. The Morgan fingerprint density at radius 1 is 1.26 bits per heavy atom. The zero-order valence-electron chi connectivity index (χ0n) is 13.1. The van der Waals surface area contributed by atoms with Crippen LogP contribution in [0.3, 0.4) is 0 Å². The molecular weight excluding hydrogens is 236 g/mol. The fourth-order valence-electron chi connectivity index (χ4n) is 2.70. The quantitative estimate of drug-likeness (QED) is 0.651. The van der Waals surface area contributed by atoms with E-state index in [0.29, 0.717) is 5.92 Å². The van der Waals surface area contributed by atoms with Crippen LogP contribution in [-0.4, -0.2) is 62.2 Å². The highest BCUT2D eigenvalue weighted by Crippen LogP contribution is 2.39. The van der Waals surface area contributed by atoms with Crippen molar-refractivity contribution in [1.29, 1.82) is 5.26 Å². The van der Waals surface area contributed by atoms with Crippen LogP contribution in [0.2, 0.25) is 0 Å². The van der Waals surface area contributed by atoms with Gasteiger partial charge in [-0.3, -0.25) is 5.32 Å². The number of nitrogens with one attached hydrogen (secondary N) is 1. The molecule has 1 rings (SSSR count). The summed E-state index contributed by atoms with van der Waals surface area (Å²) in [5.41, 5.74) is -0.317. The molecule has 19 heavy (non-hydrogen) atoms. The molecule has 0 aliphatic heterocycles. The van der Waals surface area contributed by atoms with Crippen LogP contribution in [0, 0.1) is 17.2 Å². The fourth-order valence-corrected chi connectivity index (χ4v) is 2.70. The Kier molecular flexibility index (Phi) is 6.78. The molecule has 110 valence electrons.